The quantitative estimate of drug-likeness (QED) is 0.446. The molecule has 2 aromatic rings. The molecule has 25 heavy (non-hydrogen) atoms. The molecule has 0 saturated heterocycles. The van der Waals surface area contributed by atoms with Crippen molar-refractivity contribution < 1.29 is 19.1 Å². The van der Waals surface area contributed by atoms with E-state index >= 15 is 0 Å². The maximum Gasteiger partial charge on any atom is 0.338 e. The maximum atomic E-state index is 11.9. The van der Waals surface area contributed by atoms with Crippen molar-refractivity contribution >= 4 is 23.6 Å². The van der Waals surface area contributed by atoms with Crippen molar-refractivity contribution in [2.45, 2.75) is 11.8 Å². The Labute approximate surface area is 151 Å². The predicted molar refractivity (Wildman–Crippen MR) is 98.2 cm³/mol. The number of aryl methyl sites for hydroxylation is 1. The van der Waals surface area contributed by atoms with E-state index < -0.39 is 5.97 Å². The van der Waals surface area contributed by atoms with Crippen LogP contribution in [0.5, 0.6) is 5.75 Å². The van der Waals surface area contributed by atoms with Gasteiger partial charge in [-0.15, -0.1) is 11.8 Å². The monoisotopic (exact) mass is 359 g/mol. The smallest absolute Gasteiger partial charge is 0.338 e. The average molecular weight is 359 g/mol. The molecular weight excluding hydrogens is 338 g/mol. The van der Waals surface area contributed by atoms with Crippen molar-refractivity contribution in [1.82, 2.24) is 5.32 Å². The molecule has 0 aliphatic rings. The van der Waals surface area contributed by atoms with Gasteiger partial charge in [-0.25, -0.2) is 4.79 Å². The van der Waals surface area contributed by atoms with Crippen LogP contribution in [0.2, 0.25) is 0 Å². The highest BCUT2D eigenvalue weighted by Gasteiger charge is 2.10. The molecule has 0 fully saturated rings. The zero-order valence-electron chi connectivity index (χ0n) is 14.3. The SMILES string of the molecule is COc1cccc(C(=O)OCC(=O)NCCSc2ccc(C)cc2)c1. The molecule has 0 aliphatic carbocycles. The number of nitrogens with one attached hydrogen (secondary N) is 1. The summed E-state index contributed by atoms with van der Waals surface area (Å²) in [5, 5.41) is 2.73. The molecule has 0 atom stereocenters. The molecule has 6 heteroatoms. The third kappa shape index (κ3) is 6.51. The van der Waals surface area contributed by atoms with Crippen molar-refractivity contribution in [2.24, 2.45) is 0 Å². The molecule has 0 saturated carbocycles. The van der Waals surface area contributed by atoms with Crippen LogP contribution in [0.15, 0.2) is 53.4 Å². The number of amides is 1. The summed E-state index contributed by atoms with van der Waals surface area (Å²) in [6.07, 6.45) is 0. The second-order valence-corrected chi connectivity index (χ2v) is 6.49. The lowest BCUT2D eigenvalue weighted by atomic mass is 10.2. The third-order valence-electron chi connectivity index (χ3n) is 3.35. The van der Waals surface area contributed by atoms with Crippen molar-refractivity contribution in [3.8, 4) is 5.75 Å². The number of hydrogen-bond acceptors (Lipinski definition) is 5. The van der Waals surface area contributed by atoms with Crippen LogP contribution in [0.1, 0.15) is 15.9 Å². The fourth-order valence-electron chi connectivity index (χ4n) is 2.01. The number of carbonyl (C=O) groups is 2. The van der Waals surface area contributed by atoms with Crippen LogP contribution < -0.4 is 10.1 Å². The molecule has 5 nitrogen and oxygen atoms in total. The van der Waals surface area contributed by atoms with Crippen molar-refractivity contribution in [2.75, 3.05) is 26.0 Å². The summed E-state index contributed by atoms with van der Waals surface area (Å²) in [6, 6.07) is 14.8. The Bertz CT molecular complexity index is 716. The van der Waals surface area contributed by atoms with Crippen molar-refractivity contribution in [3.63, 3.8) is 0 Å². The van der Waals surface area contributed by atoms with Crippen LogP contribution in [-0.4, -0.2) is 37.9 Å². The fourth-order valence-corrected chi connectivity index (χ4v) is 2.78. The van der Waals surface area contributed by atoms with Gasteiger partial charge in [0.15, 0.2) is 6.61 Å². The average Bonchev–Trinajstić information content (AvgIpc) is 2.64. The van der Waals surface area contributed by atoms with E-state index in [-0.39, 0.29) is 12.5 Å². The number of thioether (sulfide) groups is 1. The number of benzene rings is 2. The Balaban J connectivity index is 1.66. The van der Waals surface area contributed by atoms with Crippen LogP contribution in [-0.2, 0) is 9.53 Å². The number of hydrogen-bond donors (Lipinski definition) is 1. The lowest BCUT2D eigenvalue weighted by Gasteiger charge is -2.07. The highest BCUT2D eigenvalue weighted by Crippen LogP contribution is 2.17. The van der Waals surface area contributed by atoms with E-state index in [4.69, 9.17) is 9.47 Å². The Morgan fingerprint density at radius 1 is 1.12 bits per heavy atom. The standard InChI is InChI=1S/C19H21NO4S/c1-14-6-8-17(9-7-14)25-11-10-20-18(21)13-24-19(22)15-4-3-5-16(12-15)23-2/h3-9,12H,10-11,13H2,1-2H3,(H,20,21). The maximum absolute atomic E-state index is 11.9. The molecule has 2 aromatic carbocycles. The summed E-state index contributed by atoms with van der Waals surface area (Å²) in [4.78, 5) is 24.8. The summed E-state index contributed by atoms with van der Waals surface area (Å²) >= 11 is 1.66. The number of ether oxygens (including phenoxy) is 2. The van der Waals surface area contributed by atoms with Gasteiger partial charge in [0.25, 0.3) is 5.91 Å². The van der Waals surface area contributed by atoms with E-state index in [0.29, 0.717) is 17.9 Å². The first kappa shape index (κ1) is 18.9. The molecule has 0 radical (unpaired) electrons. The molecule has 2 rings (SSSR count). The largest absolute Gasteiger partial charge is 0.497 e. The van der Waals surface area contributed by atoms with Gasteiger partial charge in [-0.05, 0) is 37.3 Å². The van der Waals surface area contributed by atoms with Gasteiger partial charge in [-0.3, -0.25) is 4.79 Å². The Morgan fingerprint density at radius 3 is 2.60 bits per heavy atom. The zero-order valence-corrected chi connectivity index (χ0v) is 15.1. The van der Waals surface area contributed by atoms with Gasteiger partial charge in [-0.1, -0.05) is 23.8 Å². The highest BCUT2D eigenvalue weighted by atomic mass is 32.2. The summed E-state index contributed by atoms with van der Waals surface area (Å²) < 4.78 is 10.1. The number of rotatable bonds is 8. The topological polar surface area (TPSA) is 64.6 Å². The molecule has 0 unspecified atom stereocenters. The minimum atomic E-state index is -0.553. The number of esters is 1. The lowest BCUT2D eigenvalue weighted by molar-refractivity contribution is -0.124. The van der Waals surface area contributed by atoms with E-state index in [1.165, 1.54) is 12.7 Å². The molecule has 0 aliphatic heterocycles. The summed E-state index contributed by atoms with van der Waals surface area (Å²) in [5.74, 6) is 0.439. The highest BCUT2D eigenvalue weighted by molar-refractivity contribution is 7.99. The van der Waals surface area contributed by atoms with E-state index in [2.05, 4.69) is 29.6 Å². The minimum absolute atomic E-state index is 0.300. The number of carbonyl (C=O) groups excluding carboxylic acids is 2. The molecule has 0 spiro atoms. The third-order valence-corrected chi connectivity index (χ3v) is 4.37. The van der Waals surface area contributed by atoms with E-state index in [1.54, 1.807) is 36.0 Å². The van der Waals surface area contributed by atoms with Gasteiger partial charge >= 0.3 is 5.97 Å². The fraction of sp³-hybridized carbons (Fsp3) is 0.263. The lowest BCUT2D eigenvalue weighted by Crippen LogP contribution is -2.30. The van der Waals surface area contributed by atoms with Gasteiger partial charge in [0.2, 0.25) is 0 Å². The van der Waals surface area contributed by atoms with Crippen molar-refractivity contribution in [3.05, 3.63) is 59.7 Å². The van der Waals surface area contributed by atoms with Gasteiger partial charge in [-0.2, -0.15) is 0 Å². The first-order chi connectivity index (χ1) is 12.1. The normalized spacial score (nSPS) is 10.2. The summed E-state index contributed by atoms with van der Waals surface area (Å²) in [7, 11) is 1.52. The van der Waals surface area contributed by atoms with Gasteiger partial charge in [0.1, 0.15) is 5.75 Å². The van der Waals surface area contributed by atoms with Gasteiger partial charge in [0, 0.05) is 17.2 Å². The molecular formula is C19H21NO4S. The number of methoxy groups -OCH3 is 1. The van der Waals surface area contributed by atoms with Crippen LogP contribution in [0.4, 0.5) is 0 Å². The van der Waals surface area contributed by atoms with Crippen LogP contribution >= 0.6 is 11.8 Å². The second-order valence-electron chi connectivity index (χ2n) is 5.32. The Morgan fingerprint density at radius 2 is 1.88 bits per heavy atom. The summed E-state index contributed by atoms with van der Waals surface area (Å²) in [6.45, 7) is 2.25. The molecule has 0 aromatic heterocycles. The van der Waals surface area contributed by atoms with Gasteiger partial charge in [0.05, 0.1) is 12.7 Å². The minimum Gasteiger partial charge on any atom is -0.497 e. The zero-order chi connectivity index (χ0) is 18.1. The molecule has 1 N–H and O–H groups in total. The second kappa shape index (κ2) is 9.74. The molecule has 132 valence electrons. The molecule has 1 amide bonds. The van der Waals surface area contributed by atoms with Crippen LogP contribution in [0.3, 0.4) is 0 Å². The molecule has 0 bridgehead atoms. The Kier molecular flexibility index (Phi) is 7.35. The van der Waals surface area contributed by atoms with E-state index in [9.17, 15) is 9.59 Å². The first-order valence-electron chi connectivity index (χ1n) is 7.86. The molecule has 0 heterocycles. The predicted octanol–water partition coefficient (Wildman–Crippen LogP) is 3.07. The van der Waals surface area contributed by atoms with Crippen LogP contribution in [0, 0.1) is 6.92 Å². The van der Waals surface area contributed by atoms with E-state index in [0.717, 1.165) is 10.6 Å². The Hall–Kier alpha value is -2.47. The van der Waals surface area contributed by atoms with Crippen LogP contribution in [0.25, 0.3) is 0 Å². The van der Waals surface area contributed by atoms with E-state index in [1.807, 2.05) is 6.92 Å². The van der Waals surface area contributed by atoms with Gasteiger partial charge < -0.3 is 14.8 Å². The van der Waals surface area contributed by atoms with Crippen molar-refractivity contribution in [1.29, 1.82) is 0 Å². The summed E-state index contributed by atoms with van der Waals surface area (Å²) in [5.41, 5.74) is 1.57. The first-order valence-corrected chi connectivity index (χ1v) is 8.84.